The van der Waals surface area contributed by atoms with Crippen molar-refractivity contribution < 1.29 is 23.0 Å². The number of likely N-dealkylation sites (tertiary alicyclic amines) is 2. The van der Waals surface area contributed by atoms with Crippen LogP contribution in [0, 0.1) is 17.0 Å². The third-order valence-corrected chi connectivity index (χ3v) is 10.9. The minimum atomic E-state index is -0.694. The number of amides is 2. The van der Waals surface area contributed by atoms with Gasteiger partial charge in [-0.25, -0.2) is 18.6 Å². The Labute approximate surface area is 281 Å². The Hall–Kier alpha value is -3.83. The number of carbonyl (C=O) groups is 1. The predicted octanol–water partition coefficient (Wildman–Crippen LogP) is 6.17. The quantitative estimate of drug-likeness (QED) is 0.310. The van der Waals surface area contributed by atoms with Gasteiger partial charge in [-0.15, -0.1) is 0 Å². The molecule has 3 aliphatic rings. The Morgan fingerprint density at radius 3 is 2.54 bits per heavy atom. The molecule has 2 aromatic carbocycles. The first-order valence-corrected chi connectivity index (χ1v) is 17.1. The lowest BCUT2D eigenvalue weighted by molar-refractivity contribution is -0.159. The van der Waals surface area contributed by atoms with E-state index in [1.54, 1.807) is 30.0 Å². The summed E-state index contributed by atoms with van der Waals surface area (Å²) in [7, 11) is 3.29. The van der Waals surface area contributed by atoms with E-state index >= 15 is 4.39 Å². The van der Waals surface area contributed by atoms with E-state index < -0.39 is 23.3 Å². The number of ether oxygens (including phenoxy) is 2. The number of rotatable bonds is 8. The average molecular weight is 664 g/mol. The molecule has 2 aliphatic heterocycles. The third-order valence-electron chi connectivity index (χ3n) is 10.9. The molecule has 1 aliphatic carbocycles. The van der Waals surface area contributed by atoms with Gasteiger partial charge in [-0.1, -0.05) is 38.8 Å². The summed E-state index contributed by atoms with van der Waals surface area (Å²) >= 11 is 0. The number of para-hydroxylation sites is 1. The zero-order chi connectivity index (χ0) is 34.1. The lowest BCUT2D eigenvalue weighted by Crippen LogP contribution is -2.64. The number of hydrogen-bond acceptors (Lipinski definition) is 6. The van der Waals surface area contributed by atoms with Gasteiger partial charge in [-0.3, -0.25) is 9.36 Å². The first-order chi connectivity index (χ1) is 23.1. The largest absolute Gasteiger partial charge is 0.496 e. The van der Waals surface area contributed by atoms with Crippen LogP contribution >= 0.6 is 0 Å². The highest BCUT2D eigenvalue weighted by Gasteiger charge is 2.57. The Balaban J connectivity index is 1.26. The van der Waals surface area contributed by atoms with Crippen molar-refractivity contribution in [3.05, 3.63) is 82.4 Å². The van der Waals surface area contributed by atoms with Crippen molar-refractivity contribution in [3.63, 3.8) is 0 Å². The summed E-state index contributed by atoms with van der Waals surface area (Å²) in [5.74, 6) is -0.393. The zero-order valence-electron chi connectivity index (χ0n) is 28.4. The number of halogens is 2. The normalized spacial score (nSPS) is 24.0. The van der Waals surface area contributed by atoms with E-state index in [4.69, 9.17) is 9.47 Å². The molecule has 3 heterocycles. The average Bonchev–Trinajstić information content (AvgIpc) is 3.56. The number of piperidine rings is 2. The number of methoxy groups -OCH3 is 2. The van der Waals surface area contributed by atoms with Crippen LogP contribution in [0.15, 0.2) is 59.7 Å². The maximum Gasteiger partial charge on any atom is 0.320 e. The van der Waals surface area contributed by atoms with Crippen molar-refractivity contribution in [3.8, 4) is 17.0 Å². The smallest absolute Gasteiger partial charge is 0.320 e. The summed E-state index contributed by atoms with van der Waals surface area (Å²) in [6, 6.07) is 12.0. The minimum Gasteiger partial charge on any atom is -0.496 e. The van der Waals surface area contributed by atoms with Crippen molar-refractivity contribution in [1.82, 2.24) is 24.7 Å². The van der Waals surface area contributed by atoms with Gasteiger partial charge < -0.3 is 24.6 Å². The lowest BCUT2D eigenvalue weighted by Gasteiger charge is -2.55. The van der Waals surface area contributed by atoms with E-state index in [-0.39, 0.29) is 34.7 Å². The van der Waals surface area contributed by atoms with Crippen LogP contribution in [0.25, 0.3) is 11.3 Å². The summed E-state index contributed by atoms with van der Waals surface area (Å²) in [6.45, 7) is 5.74. The van der Waals surface area contributed by atoms with Gasteiger partial charge in [0.1, 0.15) is 17.4 Å². The van der Waals surface area contributed by atoms with E-state index in [0.29, 0.717) is 50.5 Å². The lowest BCUT2D eigenvalue weighted by atomic mass is 9.65. The summed E-state index contributed by atoms with van der Waals surface area (Å²) in [5.41, 5.74) is 0.221. The number of aromatic nitrogens is 2. The van der Waals surface area contributed by atoms with Gasteiger partial charge in [0, 0.05) is 61.4 Å². The molecule has 48 heavy (non-hydrogen) atoms. The maximum atomic E-state index is 15.2. The first-order valence-electron chi connectivity index (χ1n) is 17.1. The van der Waals surface area contributed by atoms with Crippen molar-refractivity contribution in [2.75, 3.05) is 33.9 Å². The van der Waals surface area contributed by atoms with Crippen LogP contribution in [0.4, 0.5) is 13.6 Å². The molecule has 0 bridgehead atoms. The van der Waals surface area contributed by atoms with Crippen LogP contribution in [-0.4, -0.2) is 76.9 Å². The molecular weight excluding hydrogens is 616 g/mol. The molecule has 3 fully saturated rings. The fourth-order valence-electron chi connectivity index (χ4n) is 8.51. The van der Waals surface area contributed by atoms with Gasteiger partial charge in [0.05, 0.1) is 37.3 Å². The first kappa shape index (κ1) is 34.0. The molecule has 6 rings (SSSR count). The van der Waals surface area contributed by atoms with E-state index in [0.717, 1.165) is 49.8 Å². The molecule has 0 radical (unpaired) electrons. The second kappa shape index (κ2) is 14.0. The highest BCUT2D eigenvalue weighted by Crippen LogP contribution is 2.53. The maximum absolute atomic E-state index is 15.2. The molecular formula is C37H47F2N5O4. The zero-order valence-corrected chi connectivity index (χ0v) is 28.4. The van der Waals surface area contributed by atoms with Crippen LogP contribution in [0.3, 0.4) is 0 Å². The summed E-state index contributed by atoms with van der Waals surface area (Å²) in [6.07, 6.45) is 7.03. The van der Waals surface area contributed by atoms with Gasteiger partial charge in [0.15, 0.2) is 0 Å². The van der Waals surface area contributed by atoms with Crippen molar-refractivity contribution in [1.29, 1.82) is 0 Å². The Bertz CT molecular complexity index is 1680. The summed E-state index contributed by atoms with van der Waals surface area (Å²) < 4.78 is 43.2. The van der Waals surface area contributed by atoms with Gasteiger partial charge in [0.25, 0.3) is 5.56 Å². The number of nitrogens with one attached hydrogen (secondary N) is 1. The van der Waals surface area contributed by atoms with E-state index in [1.165, 1.54) is 12.1 Å². The number of carbonyl (C=O) groups excluding carboxylic acids is 1. The number of hydrogen-bond donors (Lipinski definition) is 1. The van der Waals surface area contributed by atoms with Gasteiger partial charge in [-0.05, 0) is 62.4 Å². The number of benzene rings is 2. The Morgan fingerprint density at radius 1 is 1.06 bits per heavy atom. The van der Waals surface area contributed by atoms with Crippen molar-refractivity contribution in [2.45, 2.75) is 89.1 Å². The molecule has 11 heteroatoms. The number of nitrogens with zero attached hydrogens (tertiary/aromatic N) is 4. The van der Waals surface area contributed by atoms with Crippen LogP contribution in [-0.2, 0) is 11.3 Å². The highest BCUT2D eigenvalue weighted by molar-refractivity contribution is 5.75. The second-order valence-corrected chi connectivity index (χ2v) is 14.0. The Morgan fingerprint density at radius 2 is 1.83 bits per heavy atom. The monoisotopic (exact) mass is 663 g/mol. The molecule has 9 nitrogen and oxygen atoms in total. The number of urea groups is 1. The fourth-order valence-corrected chi connectivity index (χ4v) is 8.51. The Kier molecular flexibility index (Phi) is 9.90. The minimum absolute atomic E-state index is 0.0756. The molecule has 1 N–H and O–H groups in total. The van der Waals surface area contributed by atoms with Crippen molar-refractivity contribution >= 4 is 6.03 Å². The molecule has 2 saturated heterocycles. The molecule has 258 valence electrons. The van der Waals surface area contributed by atoms with E-state index in [2.05, 4.69) is 24.1 Å². The SMILES string of the molecule is COc1ccccc1-c1cc(=O)n(C[C@]2(OC)CCN(C(=O)N3CC[C@@H](NC(C)C)C[C@H]3c3cc(F)ccc3F)CC23CCCC3)cn1. The van der Waals surface area contributed by atoms with Gasteiger partial charge in [0.2, 0.25) is 0 Å². The molecule has 1 saturated carbocycles. The molecule has 1 aromatic heterocycles. The molecule has 3 aromatic rings. The standard InChI is InChI=1S/C37H47F2N5O4/c1-25(2)41-27-13-17-44(32(20-27)29-19-26(38)11-12-30(29)39)35(46)42-18-16-37(48-4,36(22-42)14-7-8-15-36)23-43-24-40-31(21-34(43)45)28-9-5-6-10-33(28)47-3/h5-6,9-12,19,21,24-25,27,32,41H,7-8,13-18,20,22-23H2,1-4H3/t27-,32+,37-/m1/s1. The molecule has 3 atom stereocenters. The van der Waals surface area contributed by atoms with E-state index in [9.17, 15) is 14.0 Å². The van der Waals surface area contributed by atoms with Crippen LogP contribution < -0.4 is 15.6 Å². The molecule has 0 unspecified atom stereocenters. The predicted molar refractivity (Wildman–Crippen MR) is 180 cm³/mol. The van der Waals surface area contributed by atoms with Crippen LogP contribution in [0.1, 0.15) is 70.4 Å². The van der Waals surface area contributed by atoms with Gasteiger partial charge in [-0.2, -0.15) is 0 Å². The highest BCUT2D eigenvalue weighted by atomic mass is 19.1. The third kappa shape index (κ3) is 6.46. The van der Waals surface area contributed by atoms with E-state index in [1.807, 2.05) is 29.2 Å². The molecule has 2 amide bonds. The second-order valence-electron chi connectivity index (χ2n) is 14.0. The fraction of sp³-hybridized carbons (Fsp3) is 0.541. The molecule has 1 spiro atoms. The van der Waals surface area contributed by atoms with Crippen LogP contribution in [0.2, 0.25) is 0 Å². The van der Waals surface area contributed by atoms with Gasteiger partial charge >= 0.3 is 6.03 Å². The summed E-state index contributed by atoms with van der Waals surface area (Å²) in [4.78, 5) is 36.2. The summed E-state index contributed by atoms with van der Waals surface area (Å²) in [5, 5.41) is 3.54. The topological polar surface area (TPSA) is 88.9 Å². The van der Waals surface area contributed by atoms with Crippen LogP contribution in [0.5, 0.6) is 5.75 Å². The van der Waals surface area contributed by atoms with Crippen molar-refractivity contribution in [2.24, 2.45) is 5.41 Å².